The number of alkyl halides is 3. The summed E-state index contributed by atoms with van der Waals surface area (Å²) in [7, 11) is 0. The van der Waals surface area contributed by atoms with Crippen LogP contribution in [0.15, 0.2) is 0 Å². The first-order chi connectivity index (χ1) is 9.96. The molecule has 0 spiro atoms. The fourth-order valence-electron chi connectivity index (χ4n) is 2.06. The Morgan fingerprint density at radius 1 is 1.18 bits per heavy atom. The lowest BCUT2D eigenvalue weighted by molar-refractivity contribution is -0.175. The molecule has 0 radical (unpaired) electrons. The van der Waals surface area contributed by atoms with E-state index >= 15 is 0 Å². The Hall–Kier alpha value is -1.80. The normalized spacial score (nSPS) is 17.8. The van der Waals surface area contributed by atoms with E-state index in [1.165, 1.54) is 20.8 Å². The number of carbonyl (C=O) groups excluding carboxylic acids is 2. The van der Waals surface area contributed by atoms with Gasteiger partial charge in [-0.2, -0.15) is 13.2 Å². The predicted molar refractivity (Wildman–Crippen MR) is 69.8 cm³/mol. The summed E-state index contributed by atoms with van der Waals surface area (Å²) < 4.78 is 37.1. The van der Waals surface area contributed by atoms with Crippen LogP contribution in [-0.4, -0.2) is 52.1 Å². The van der Waals surface area contributed by atoms with E-state index in [-0.39, 0.29) is 6.04 Å². The lowest BCUT2D eigenvalue weighted by atomic mass is 10.0. The number of carbonyl (C=O) groups is 3. The van der Waals surface area contributed by atoms with Crippen molar-refractivity contribution in [1.82, 2.24) is 10.2 Å². The molecule has 2 N–H and O–H groups in total. The molecule has 1 rings (SSSR count). The Labute approximate surface area is 125 Å². The molecule has 126 valence electrons. The monoisotopic (exact) mass is 324 g/mol. The van der Waals surface area contributed by atoms with Gasteiger partial charge in [0.05, 0.1) is 0 Å². The highest BCUT2D eigenvalue weighted by Crippen LogP contribution is 2.30. The van der Waals surface area contributed by atoms with Gasteiger partial charge in [0, 0.05) is 6.04 Å². The summed E-state index contributed by atoms with van der Waals surface area (Å²) in [5, 5.41) is 10.7. The zero-order chi connectivity index (χ0) is 17.2. The van der Waals surface area contributed by atoms with Gasteiger partial charge >= 0.3 is 18.1 Å². The van der Waals surface area contributed by atoms with Gasteiger partial charge in [-0.1, -0.05) is 13.8 Å². The third kappa shape index (κ3) is 4.35. The number of amides is 2. The zero-order valence-corrected chi connectivity index (χ0v) is 12.5. The molecule has 0 aromatic heterocycles. The van der Waals surface area contributed by atoms with Crippen LogP contribution in [0.3, 0.4) is 0 Å². The molecule has 1 unspecified atom stereocenters. The summed E-state index contributed by atoms with van der Waals surface area (Å²) in [6, 6.07) is -2.89. The van der Waals surface area contributed by atoms with Crippen molar-refractivity contribution in [2.45, 2.75) is 57.9 Å². The van der Waals surface area contributed by atoms with Gasteiger partial charge in [-0.3, -0.25) is 9.59 Å². The maximum Gasteiger partial charge on any atom is 0.471 e. The summed E-state index contributed by atoms with van der Waals surface area (Å²) in [4.78, 5) is 35.7. The topological polar surface area (TPSA) is 86.7 Å². The van der Waals surface area contributed by atoms with Crippen LogP contribution in [0.5, 0.6) is 0 Å². The van der Waals surface area contributed by atoms with E-state index in [1.807, 2.05) is 0 Å². The van der Waals surface area contributed by atoms with Crippen LogP contribution in [0.2, 0.25) is 0 Å². The maximum absolute atomic E-state index is 12.5. The largest absolute Gasteiger partial charge is 0.480 e. The summed E-state index contributed by atoms with van der Waals surface area (Å²) in [5.74, 6) is -4.87. The number of hydrogen-bond acceptors (Lipinski definition) is 3. The standard InChI is InChI=1S/C13H19F3N2O4/c1-6(2)9(17-12(22)13(14,15)16)10(19)18(8-4-5-8)7(3)11(20)21/h6-9H,4-5H2,1-3H3,(H,17,22)(H,20,21)/t7?,9-/m0/s1. The van der Waals surface area contributed by atoms with E-state index in [0.717, 1.165) is 4.90 Å². The van der Waals surface area contributed by atoms with Crippen LogP contribution >= 0.6 is 0 Å². The van der Waals surface area contributed by atoms with E-state index < -0.39 is 42.0 Å². The minimum Gasteiger partial charge on any atom is -0.480 e. The Kier molecular flexibility index (Phi) is 5.42. The first-order valence-electron chi connectivity index (χ1n) is 6.89. The average molecular weight is 324 g/mol. The first-order valence-corrected chi connectivity index (χ1v) is 6.89. The fraction of sp³-hybridized carbons (Fsp3) is 0.769. The van der Waals surface area contributed by atoms with Gasteiger partial charge < -0.3 is 15.3 Å². The number of carboxylic acids is 1. The van der Waals surface area contributed by atoms with Crippen molar-refractivity contribution in [3.8, 4) is 0 Å². The first kappa shape index (κ1) is 18.2. The summed E-state index contributed by atoms with van der Waals surface area (Å²) in [5.41, 5.74) is 0. The van der Waals surface area contributed by atoms with E-state index in [9.17, 15) is 27.6 Å². The van der Waals surface area contributed by atoms with Crippen molar-refractivity contribution in [3.63, 3.8) is 0 Å². The van der Waals surface area contributed by atoms with Crippen LogP contribution in [0.4, 0.5) is 13.2 Å². The van der Waals surface area contributed by atoms with Crippen molar-refractivity contribution in [2.24, 2.45) is 5.92 Å². The van der Waals surface area contributed by atoms with Crippen LogP contribution in [0.25, 0.3) is 0 Å². The Balaban J connectivity index is 2.96. The van der Waals surface area contributed by atoms with Gasteiger partial charge in [0.2, 0.25) is 5.91 Å². The molecule has 22 heavy (non-hydrogen) atoms. The highest BCUT2D eigenvalue weighted by molar-refractivity contribution is 5.92. The minimum atomic E-state index is -5.10. The van der Waals surface area contributed by atoms with Gasteiger partial charge in [-0.25, -0.2) is 4.79 Å². The summed E-state index contributed by atoms with van der Waals surface area (Å²) in [6.45, 7) is 4.26. The van der Waals surface area contributed by atoms with Gasteiger partial charge in [0.1, 0.15) is 12.1 Å². The van der Waals surface area contributed by atoms with Gasteiger partial charge in [-0.05, 0) is 25.7 Å². The molecule has 0 aromatic rings. The molecule has 1 aliphatic rings. The second-order valence-corrected chi connectivity index (χ2v) is 5.68. The fourth-order valence-corrected chi connectivity index (χ4v) is 2.06. The number of nitrogens with one attached hydrogen (secondary N) is 1. The third-order valence-electron chi connectivity index (χ3n) is 3.45. The van der Waals surface area contributed by atoms with Crippen molar-refractivity contribution in [3.05, 3.63) is 0 Å². The molecule has 9 heteroatoms. The average Bonchev–Trinajstić information content (AvgIpc) is 3.18. The van der Waals surface area contributed by atoms with Crippen LogP contribution in [-0.2, 0) is 14.4 Å². The number of carboxylic acid groups (broad SMARTS) is 1. The molecule has 2 amide bonds. The highest BCUT2D eigenvalue weighted by Gasteiger charge is 2.45. The molecule has 0 heterocycles. The van der Waals surface area contributed by atoms with Crippen molar-refractivity contribution >= 4 is 17.8 Å². The Bertz CT molecular complexity index is 461. The Morgan fingerprint density at radius 3 is 2.00 bits per heavy atom. The maximum atomic E-state index is 12.5. The number of hydrogen-bond donors (Lipinski definition) is 2. The lowest BCUT2D eigenvalue weighted by Crippen LogP contribution is -2.57. The SMILES string of the molecule is CC(C)[C@H](NC(=O)C(F)(F)F)C(=O)N(C1CC1)C(C)C(=O)O. The quantitative estimate of drug-likeness (QED) is 0.767. The third-order valence-corrected chi connectivity index (χ3v) is 3.45. The molecular formula is C13H19F3N2O4. The number of aliphatic carboxylic acids is 1. The molecule has 1 fully saturated rings. The molecule has 6 nitrogen and oxygen atoms in total. The predicted octanol–water partition coefficient (Wildman–Crippen LogP) is 1.15. The molecule has 0 aliphatic heterocycles. The van der Waals surface area contributed by atoms with Crippen molar-refractivity contribution in [2.75, 3.05) is 0 Å². The van der Waals surface area contributed by atoms with Gasteiger partial charge in [-0.15, -0.1) is 0 Å². The summed E-state index contributed by atoms with van der Waals surface area (Å²) >= 11 is 0. The van der Waals surface area contributed by atoms with Crippen molar-refractivity contribution < 1.29 is 32.7 Å². The van der Waals surface area contributed by atoms with E-state index in [4.69, 9.17) is 5.11 Å². The molecule has 0 saturated heterocycles. The molecular weight excluding hydrogens is 305 g/mol. The van der Waals surface area contributed by atoms with Crippen LogP contribution < -0.4 is 5.32 Å². The molecule has 0 bridgehead atoms. The van der Waals surface area contributed by atoms with Crippen molar-refractivity contribution in [1.29, 1.82) is 0 Å². The number of halogens is 3. The highest BCUT2D eigenvalue weighted by atomic mass is 19.4. The second-order valence-electron chi connectivity index (χ2n) is 5.68. The number of nitrogens with zero attached hydrogens (tertiary/aromatic N) is 1. The number of rotatable bonds is 6. The Morgan fingerprint density at radius 2 is 1.68 bits per heavy atom. The minimum absolute atomic E-state index is 0.303. The van der Waals surface area contributed by atoms with Crippen LogP contribution in [0, 0.1) is 5.92 Å². The van der Waals surface area contributed by atoms with E-state index in [0.29, 0.717) is 12.8 Å². The molecule has 1 saturated carbocycles. The second kappa shape index (κ2) is 6.53. The summed E-state index contributed by atoms with van der Waals surface area (Å²) in [6.07, 6.45) is -3.90. The molecule has 0 aromatic carbocycles. The zero-order valence-electron chi connectivity index (χ0n) is 12.5. The smallest absolute Gasteiger partial charge is 0.471 e. The molecule has 1 aliphatic carbocycles. The van der Waals surface area contributed by atoms with Gasteiger partial charge in [0.25, 0.3) is 0 Å². The van der Waals surface area contributed by atoms with Crippen LogP contribution in [0.1, 0.15) is 33.6 Å². The lowest BCUT2D eigenvalue weighted by Gasteiger charge is -2.32. The van der Waals surface area contributed by atoms with Gasteiger partial charge in [0.15, 0.2) is 0 Å². The molecule has 2 atom stereocenters. The van der Waals surface area contributed by atoms with E-state index in [1.54, 1.807) is 5.32 Å². The van der Waals surface area contributed by atoms with E-state index in [2.05, 4.69) is 0 Å².